The van der Waals surface area contributed by atoms with Crippen LogP contribution in [0.3, 0.4) is 0 Å². The molecule has 0 heteroatoms. The van der Waals surface area contributed by atoms with Gasteiger partial charge >= 0.3 is 0 Å². The summed E-state index contributed by atoms with van der Waals surface area (Å²) in [5.74, 6) is 0. The Bertz CT molecular complexity index is 992. The Hall–Kier alpha value is -2.34. The average molecular weight is 373 g/mol. The quantitative estimate of drug-likeness (QED) is 0.295. The Balaban J connectivity index is 0.000000242. The molecule has 3 aromatic carbocycles. The molecule has 3 aromatic rings. The second kappa shape index (κ2) is 8.78. The molecular formula is C28H36. The van der Waals surface area contributed by atoms with Gasteiger partial charge in [-0.05, 0) is 136 Å². The van der Waals surface area contributed by atoms with Crippen LogP contribution in [0.15, 0.2) is 58.7 Å². The van der Waals surface area contributed by atoms with Crippen molar-refractivity contribution >= 4 is 21.5 Å². The Morgan fingerprint density at radius 1 is 0.500 bits per heavy atom. The van der Waals surface area contributed by atoms with Crippen molar-refractivity contribution in [3.63, 3.8) is 0 Å². The SMILES string of the molecule is CC(C)=C(C)C(C)=C(C)C.Cc1c(C)c(C)c2cc3ccccc3cc2c1C. The Labute approximate surface area is 172 Å². The van der Waals surface area contributed by atoms with Crippen LogP contribution < -0.4 is 0 Å². The number of aryl methyl sites for hydroxylation is 2. The molecule has 0 nitrogen and oxygen atoms in total. The zero-order valence-corrected chi connectivity index (χ0v) is 19.5. The first-order chi connectivity index (χ1) is 13.1. The van der Waals surface area contributed by atoms with Gasteiger partial charge in [0.05, 0.1) is 0 Å². The summed E-state index contributed by atoms with van der Waals surface area (Å²) in [5, 5.41) is 5.45. The van der Waals surface area contributed by atoms with Crippen LogP contribution in [0.1, 0.15) is 63.8 Å². The second-order valence-corrected chi connectivity index (χ2v) is 8.49. The van der Waals surface area contributed by atoms with Crippen molar-refractivity contribution in [3.8, 4) is 0 Å². The summed E-state index contributed by atoms with van der Waals surface area (Å²) in [7, 11) is 0. The van der Waals surface area contributed by atoms with Gasteiger partial charge in [0, 0.05) is 0 Å². The van der Waals surface area contributed by atoms with E-state index in [-0.39, 0.29) is 0 Å². The van der Waals surface area contributed by atoms with E-state index in [1.54, 1.807) is 0 Å². The third kappa shape index (κ3) is 4.38. The van der Waals surface area contributed by atoms with Gasteiger partial charge in [0.2, 0.25) is 0 Å². The molecule has 0 atom stereocenters. The van der Waals surface area contributed by atoms with E-state index in [1.165, 1.54) is 66.1 Å². The number of rotatable bonds is 1. The monoisotopic (exact) mass is 372 g/mol. The first-order valence-electron chi connectivity index (χ1n) is 10.2. The smallest absolute Gasteiger partial charge is 0.0143 e. The Morgan fingerprint density at radius 2 is 0.821 bits per heavy atom. The summed E-state index contributed by atoms with van der Waals surface area (Å²) >= 11 is 0. The van der Waals surface area contributed by atoms with Gasteiger partial charge in [-0.2, -0.15) is 0 Å². The zero-order chi connectivity index (χ0) is 21.2. The molecule has 0 spiro atoms. The van der Waals surface area contributed by atoms with Crippen molar-refractivity contribution in [2.75, 3.05) is 0 Å². The van der Waals surface area contributed by atoms with E-state index < -0.39 is 0 Å². The lowest BCUT2D eigenvalue weighted by Crippen LogP contribution is -1.94. The second-order valence-electron chi connectivity index (χ2n) is 8.49. The van der Waals surface area contributed by atoms with Crippen molar-refractivity contribution in [3.05, 3.63) is 80.9 Å². The Morgan fingerprint density at radius 3 is 1.11 bits per heavy atom. The van der Waals surface area contributed by atoms with E-state index in [2.05, 4.69) is 106 Å². The van der Waals surface area contributed by atoms with Crippen molar-refractivity contribution in [1.29, 1.82) is 0 Å². The predicted octanol–water partition coefficient (Wildman–Crippen LogP) is 8.93. The number of benzene rings is 3. The minimum absolute atomic E-state index is 1.33. The van der Waals surface area contributed by atoms with Crippen LogP contribution in [0.25, 0.3) is 21.5 Å². The molecule has 0 heterocycles. The average Bonchev–Trinajstić information content (AvgIpc) is 2.68. The highest BCUT2D eigenvalue weighted by Crippen LogP contribution is 2.32. The molecule has 0 aliphatic heterocycles. The van der Waals surface area contributed by atoms with E-state index in [9.17, 15) is 0 Å². The largest absolute Gasteiger partial charge is 0.0732 e. The molecule has 0 fully saturated rings. The topological polar surface area (TPSA) is 0 Å². The van der Waals surface area contributed by atoms with Crippen molar-refractivity contribution in [2.24, 2.45) is 0 Å². The lowest BCUT2D eigenvalue weighted by Gasteiger charge is -2.15. The van der Waals surface area contributed by atoms with Gasteiger partial charge in [-0.3, -0.25) is 0 Å². The molecule has 148 valence electrons. The number of hydrogen-bond donors (Lipinski definition) is 0. The van der Waals surface area contributed by atoms with E-state index in [0.29, 0.717) is 0 Å². The van der Waals surface area contributed by atoms with Gasteiger partial charge in [0.1, 0.15) is 0 Å². The van der Waals surface area contributed by atoms with Crippen LogP contribution in [-0.2, 0) is 0 Å². The molecule has 0 bridgehead atoms. The van der Waals surface area contributed by atoms with Crippen LogP contribution in [0.2, 0.25) is 0 Å². The fraction of sp³-hybridized carbons (Fsp3) is 0.357. The summed E-state index contributed by atoms with van der Waals surface area (Å²) in [6.07, 6.45) is 0. The molecule has 0 aliphatic rings. The summed E-state index contributed by atoms with van der Waals surface area (Å²) in [4.78, 5) is 0. The van der Waals surface area contributed by atoms with E-state index in [4.69, 9.17) is 0 Å². The van der Waals surface area contributed by atoms with Crippen LogP contribution in [0.5, 0.6) is 0 Å². The third-order valence-electron chi connectivity index (χ3n) is 6.44. The highest BCUT2D eigenvalue weighted by molar-refractivity contribution is 6.01. The zero-order valence-electron chi connectivity index (χ0n) is 19.5. The molecule has 0 aromatic heterocycles. The Kier molecular flexibility index (Phi) is 6.88. The molecule has 0 saturated carbocycles. The predicted molar refractivity (Wildman–Crippen MR) is 128 cm³/mol. The first kappa shape index (κ1) is 22.0. The van der Waals surface area contributed by atoms with Gasteiger partial charge in [-0.1, -0.05) is 35.4 Å². The minimum Gasteiger partial charge on any atom is -0.0732 e. The van der Waals surface area contributed by atoms with E-state index >= 15 is 0 Å². The van der Waals surface area contributed by atoms with Gasteiger partial charge in [0.25, 0.3) is 0 Å². The summed E-state index contributed by atoms with van der Waals surface area (Å²) < 4.78 is 0. The maximum Gasteiger partial charge on any atom is -0.0143 e. The normalized spacial score (nSPS) is 10.5. The van der Waals surface area contributed by atoms with Crippen molar-refractivity contribution in [2.45, 2.75) is 69.2 Å². The molecule has 28 heavy (non-hydrogen) atoms. The lowest BCUT2D eigenvalue weighted by molar-refractivity contribution is 1.17. The van der Waals surface area contributed by atoms with E-state index in [1.807, 2.05) is 0 Å². The summed E-state index contributed by atoms with van der Waals surface area (Å²) in [6, 6.07) is 13.3. The molecule has 0 unspecified atom stereocenters. The maximum absolute atomic E-state index is 2.33. The highest BCUT2D eigenvalue weighted by atomic mass is 14.1. The fourth-order valence-electron chi connectivity index (χ4n) is 3.58. The number of hydrogen-bond acceptors (Lipinski definition) is 0. The lowest BCUT2D eigenvalue weighted by atomic mass is 9.90. The van der Waals surface area contributed by atoms with E-state index in [0.717, 1.165) is 0 Å². The standard InChI is InChI=1S/C18H18.C10H18/c1-11-12(2)14(4)18-10-16-8-6-5-7-15(16)9-17(18)13(11)3;1-7(2)9(5)10(6)8(3)4/h5-10H,1-4H3;1-6H3. The minimum atomic E-state index is 1.33. The molecule has 0 amide bonds. The molecular weight excluding hydrogens is 336 g/mol. The van der Waals surface area contributed by atoms with Crippen molar-refractivity contribution < 1.29 is 0 Å². The van der Waals surface area contributed by atoms with Gasteiger partial charge < -0.3 is 0 Å². The highest BCUT2D eigenvalue weighted by Gasteiger charge is 2.09. The summed E-state index contributed by atoms with van der Waals surface area (Å²) in [6.45, 7) is 21.9. The third-order valence-corrected chi connectivity index (χ3v) is 6.44. The number of allylic oxidation sites excluding steroid dienone is 4. The van der Waals surface area contributed by atoms with Crippen LogP contribution in [0.4, 0.5) is 0 Å². The van der Waals surface area contributed by atoms with Gasteiger partial charge in [0.15, 0.2) is 0 Å². The maximum atomic E-state index is 2.33. The van der Waals surface area contributed by atoms with Gasteiger partial charge in [-0.25, -0.2) is 0 Å². The first-order valence-corrected chi connectivity index (χ1v) is 10.2. The molecule has 0 saturated heterocycles. The fourth-order valence-corrected chi connectivity index (χ4v) is 3.58. The summed E-state index contributed by atoms with van der Waals surface area (Å²) in [5.41, 5.74) is 11.4. The molecule has 3 rings (SSSR count). The van der Waals surface area contributed by atoms with Crippen LogP contribution >= 0.6 is 0 Å². The van der Waals surface area contributed by atoms with Crippen molar-refractivity contribution in [1.82, 2.24) is 0 Å². The number of fused-ring (bicyclic) bond motifs is 2. The molecule has 0 N–H and O–H groups in total. The van der Waals surface area contributed by atoms with Gasteiger partial charge in [-0.15, -0.1) is 0 Å². The molecule has 0 radical (unpaired) electrons. The van der Waals surface area contributed by atoms with Crippen LogP contribution in [-0.4, -0.2) is 0 Å². The molecule has 0 aliphatic carbocycles. The van der Waals surface area contributed by atoms with Crippen LogP contribution in [0, 0.1) is 27.7 Å².